The van der Waals surface area contributed by atoms with Gasteiger partial charge < -0.3 is 20.1 Å². The van der Waals surface area contributed by atoms with Crippen molar-refractivity contribution in [2.75, 3.05) is 12.4 Å². The van der Waals surface area contributed by atoms with Gasteiger partial charge in [-0.15, -0.1) is 11.3 Å². The Hall–Kier alpha value is -3.65. The smallest absolute Gasteiger partial charge is 0.313 e. The number of methoxy groups -OCH3 is 1. The van der Waals surface area contributed by atoms with E-state index in [1.54, 1.807) is 48.5 Å². The molecule has 2 amide bonds. The lowest BCUT2D eigenvalue weighted by Crippen LogP contribution is -2.28. The summed E-state index contributed by atoms with van der Waals surface area (Å²) in [6, 6.07) is 16.7. The van der Waals surface area contributed by atoms with Crippen LogP contribution >= 0.6 is 11.3 Å². The third-order valence-electron chi connectivity index (χ3n) is 4.33. The maximum absolute atomic E-state index is 12.5. The number of carbonyl (C=O) groups excluding carboxylic acids is 3. The molecule has 3 aromatic rings. The zero-order valence-electron chi connectivity index (χ0n) is 17.1. The van der Waals surface area contributed by atoms with E-state index in [-0.39, 0.29) is 18.2 Å². The molecule has 31 heavy (non-hydrogen) atoms. The van der Waals surface area contributed by atoms with E-state index in [9.17, 15) is 14.4 Å². The summed E-state index contributed by atoms with van der Waals surface area (Å²) in [6.45, 7) is 1.41. The van der Waals surface area contributed by atoms with Crippen molar-refractivity contribution in [1.29, 1.82) is 0 Å². The molecule has 0 bridgehead atoms. The van der Waals surface area contributed by atoms with Crippen LogP contribution in [0.5, 0.6) is 11.5 Å². The number of nitrogens with one attached hydrogen (secondary N) is 2. The van der Waals surface area contributed by atoms with Gasteiger partial charge in [-0.1, -0.05) is 18.2 Å². The van der Waals surface area contributed by atoms with Crippen molar-refractivity contribution in [3.63, 3.8) is 0 Å². The summed E-state index contributed by atoms with van der Waals surface area (Å²) in [6.07, 6.45) is 0.00633. The van der Waals surface area contributed by atoms with Gasteiger partial charge in [0.2, 0.25) is 5.91 Å². The molecule has 0 saturated heterocycles. The highest BCUT2D eigenvalue weighted by Crippen LogP contribution is 2.24. The Morgan fingerprint density at radius 2 is 1.74 bits per heavy atom. The maximum atomic E-state index is 12.5. The first-order valence-electron chi connectivity index (χ1n) is 9.52. The van der Waals surface area contributed by atoms with Crippen LogP contribution in [0, 0.1) is 0 Å². The summed E-state index contributed by atoms with van der Waals surface area (Å²) in [7, 11) is 1.50. The van der Waals surface area contributed by atoms with E-state index < -0.39 is 12.0 Å². The molecule has 0 saturated carbocycles. The van der Waals surface area contributed by atoms with Crippen LogP contribution in [0.2, 0.25) is 0 Å². The molecule has 3 rings (SSSR count). The van der Waals surface area contributed by atoms with Gasteiger partial charge in [-0.25, -0.2) is 0 Å². The average Bonchev–Trinajstić information content (AvgIpc) is 3.29. The van der Waals surface area contributed by atoms with Gasteiger partial charge in [-0.3, -0.25) is 14.4 Å². The highest BCUT2D eigenvalue weighted by molar-refractivity contribution is 7.10. The largest absolute Gasteiger partial charge is 0.496 e. The number of hydrogen-bond acceptors (Lipinski definition) is 6. The third kappa shape index (κ3) is 6.16. The minimum absolute atomic E-state index is 0.00633. The molecule has 0 aliphatic carbocycles. The number of hydrogen-bond donors (Lipinski definition) is 2. The SMILES string of the molecule is COc1ccccc1C(=O)Nc1ccc(OC(=O)C[C@H](NC(C)=O)c2cccs2)cc1. The number of amides is 2. The molecule has 0 aliphatic heterocycles. The molecule has 0 radical (unpaired) electrons. The lowest BCUT2D eigenvalue weighted by atomic mass is 10.1. The van der Waals surface area contributed by atoms with Gasteiger partial charge in [0, 0.05) is 17.5 Å². The summed E-state index contributed by atoms with van der Waals surface area (Å²) in [4.78, 5) is 37.2. The maximum Gasteiger partial charge on any atom is 0.313 e. The Balaban J connectivity index is 1.60. The Morgan fingerprint density at radius 3 is 2.39 bits per heavy atom. The molecule has 160 valence electrons. The molecular weight excluding hydrogens is 416 g/mol. The van der Waals surface area contributed by atoms with E-state index in [0.29, 0.717) is 22.7 Å². The number of anilines is 1. The van der Waals surface area contributed by atoms with Gasteiger partial charge in [0.05, 0.1) is 25.1 Å². The van der Waals surface area contributed by atoms with Crippen LogP contribution in [-0.2, 0) is 9.59 Å². The van der Waals surface area contributed by atoms with E-state index in [1.807, 2.05) is 17.5 Å². The molecule has 0 unspecified atom stereocenters. The van der Waals surface area contributed by atoms with E-state index in [4.69, 9.17) is 9.47 Å². The molecule has 1 atom stereocenters. The summed E-state index contributed by atoms with van der Waals surface area (Å²) >= 11 is 1.46. The first-order chi connectivity index (χ1) is 15.0. The Kier molecular flexibility index (Phi) is 7.40. The van der Waals surface area contributed by atoms with Crippen LogP contribution < -0.4 is 20.1 Å². The fourth-order valence-electron chi connectivity index (χ4n) is 2.93. The second-order valence-corrected chi connectivity index (χ2v) is 7.60. The lowest BCUT2D eigenvalue weighted by Gasteiger charge is -2.15. The molecule has 0 spiro atoms. The van der Waals surface area contributed by atoms with Crippen molar-refractivity contribution in [2.45, 2.75) is 19.4 Å². The summed E-state index contributed by atoms with van der Waals surface area (Å²) in [5.74, 6) is -0.186. The van der Waals surface area contributed by atoms with Gasteiger partial charge in [0.1, 0.15) is 11.5 Å². The second kappa shape index (κ2) is 10.4. The normalized spacial score (nSPS) is 11.3. The van der Waals surface area contributed by atoms with Gasteiger partial charge >= 0.3 is 5.97 Å². The number of esters is 1. The molecule has 2 N–H and O–H groups in total. The molecule has 0 aliphatic rings. The number of rotatable bonds is 8. The van der Waals surface area contributed by atoms with Crippen molar-refractivity contribution in [1.82, 2.24) is 5.32 Å². The standard InChI is InChI=1S/C23H22N2O5S/c1-15(26)24-19(21-8-5-13-31-21)14-22(27)30-17-11-9-16(10-12-17)25-23(28)18-6-3-4-7-20(18)29-2/h3-13,19H,14H2,1-2H3,(H,24,26)(H,25,28)/t19-/m0/s1. The Labute approximate surface area is 184 Å². The topological polar surface area (TPSA) is 93.7 Å². The lowest BCUT2D eigenvalue weighted by molar-refractivity contribution is -0.135. The van der Waals surface area contributed by atoms with Gasteiger partial charge in [-0.05, 0) is 47.8 Å². The average molecular weight is 439 g/mol. The fraction of sp³-hybridized carbons (Fsp3) is 0.174. The quantitative estimate of drug-likeness (QED) is 0.406. The first kappa shape index (κ1) is 22.0. The van der Waals surface area contributed by atoms with E-state index >= 15 is 0 Å². The zero-order chi connectivity index (χ0) is 22.2. The van der Waals surface area contributed by atoms with Crippen molar-refractivity contribution in [2.24, 2.45) is 0 Å². The molecule has 1 aromatic heterocycles. The Bertz CT molecular complexity index is 1050. The van der Waals surface area contributed by atoms with E-state index in [1.165, 1.54) is 25.4 Å². The van der Waals surface area contributed by atoms with Crippen molar-refractivity contribution < 1.29 is 23.9 Å². The Morgan fingerprint density at radius 1 is 1.00 bits per heavy atom. The molecule has 2 aromatic carbocycles. The van der Waals surface area contributed by atoms with Crippen LogP contribution in [0.3, 0.4) is 0 Å². The minimum Gasteiger partial charge on any atom is -0.496 e. The molecular formula is C23H22N2O5S. The summed E-state index contributed by atoms with van der Waals surface area (Å²) < 4.78 is 10.6. The van der Waals surface area contributed by atoms with Crippen molar-refractivity contribution >= 4 is 34.8 Å². The zero-order valence-corrected chi connectivity index (χ0v) is 17.9. The molecule has 8 heteroatoms. The number of carbonyl (C=O) groups is 3. The fourth-order valence-corrected chi connectivity index (χ4v) is 3.71. The van der Waals surface area contributed by atoms with Crippen LogP contribution in [0.15, 0.2) is 66.0 Å². The summed E-state index contributed by atoms with van der Waals surface area (Å²) in [5.41, 5.74) is 0.962. The van der Waals surface area contributed by atoms with Crippen LogP contribution in [0.25, 0.3) is 0 Å². The van der Waals surface area contributed by atoms with E-state index in [0.717, 1.165) is 4.88 Å². The van der Waals surface area contributed by atoms with Crippen molar-refractivity contribution in [3.05, 3.63) is 76.5 Å². The second-order valence-electron chi connectivity index (χ2n) is 6.63. The third-order valence-corrected chi connectivity index (χ3v) is 5.32. The summed E-state index contributed by atoms with van der Waals surface area (Å²) in [5, 5.41) is 7.43. The molecule has 0 fully saturated rings. The first-order valence-corrected chi connectivity index (χ1v) is 10.4. The van der Waals surface area contributed by atoms with Crippen LogP contribution in [0.4, 0.5) is 5.69 Å². The highest BCUT2D eigenvalue weighted by atomic mass is 32.1. The van der Waals surface area contributed by atoms with E-state index in [2.05, 4.69) is 10.6 Å². The van der Waals surface area contributed by atoms with Gasteiger partial charge in [0.15, 0.2) is 0 Å². The predicted octanol–water partition coefficient (Wildman–Crippen LogP) is 4.18. The predicted molar refractivity (Wildman–Crippen MR) is 119 cm³/mol. The van der Waals surface area contributed by atoms with Crippen molar-refractivity contribution in [3.8, 4) is 11.5 Å². The van der Waals surface area contributed by atoms with Gasteiger partial charge in [0.25, 0.3) is 5.91 Å². The molecule has 7 nitrogen and oxygen atoms in total. The highest BCUT2D eigenvalue weighted by Gasteiger charge is 2.19. The van der Waals surface area contributed by atoms with Gasteiger partial charge in [-0.2, -0.15) is 0 Å². The number of thiophene rings is 1. The number of benzene rings is 2. The van der Waals surface area contributed by atoms with Crippen LogP contribution in [-0.4, -0.2) is 24.9 Å². The monoisotopic (exact) mass is 438 g/mol. The number of ether oxygens (including phenoxy) is 2. The minimum atomic E-state index is -0.474. The van der Waals surface area contributed by atoms with Crippen LogP contribution in [0.1, 0.15) is 34.6 Å². The number of para-hydroxylation sites is 1. The molecule has 1 heterocycles.